The van der Waals surface area contributed by atoms with Gasteiger partial charge in [0.15, 0.2) is 11.3 Å². The summed E-state index contributed by atoms with van der Waals surface area (Å²) in [6.07, 6.45) is 12.2. The maximum Gasteiger partial charge on any atom is 0.258 e. The zero-order chi connectivity index (χ0) is 35.4. The number of benzene rings is 1. The van der Waals surface area contributed by atoms with Crippen LogP contribution in [0.3, 0.4) is 0 Å². The average Bonchev–Trinajstić information content (AvgIpc) is 3.72. The van der Waals surface area contributed by atoms with Gasteiger partial charge in [-0.2, -0.15) is 0 Å². The quantitative estimate of drug-likeness (QED) is 0.110. The van der Waals surface area contributed by atoms with Crippen molar-refractivity contribution in [2.75, 3.05) is 33.2 Å². The predicted octanol–water partition coefficient (Wildman–Crippen LogP) is 6.34. The van der Waals surface area contributed by atoms with Crippen molar-refractivity contribution in [2.24, 2.45) is 11.7 Å². The number of carbonyl (C=O) groups excluding carboxylic acids is 3. The molecule has 2 aliphatic heterocycles. The number of amides is 2. The average molecular weight is 695 g/mol. The highest BCUT2D eigenvalue weighted by Gasteiger charge is 2.28. The van der Waals surface area contributed by atoms with E-state index in [1.165, 1.54) is 68.3 Å². The number of aromatic nitrogens is 1. The Bertz CT molecular complexity index is 1390. The number of unbranched alkanes of at least 4 members (excludes halogenated alkanes) is 1. The molecule has 0 radical (unpaired) electrons. The Kier molecular flexibility index (Phi) is 20.8. The molecule has 5 rings (SSSR count). The van der Waals surface area contributed by atoms with E-state index >= 15 is 0 Å². The van der Waals surface area contributed by atoms with Gasteiger partial charge in [0, 0.05) is 54.2 Å². The van der Waals surface area contributed by atoms with Gasteiger partial charge in [-0.1, -0.05) is 46.6 Å². The second kappa shape index (κ2) is 23.3. The predicted molar refractivity (Wildman–Crippen MR) is 190 cm³/mol. The van der Waals surface area contributed by atoms with Crippen molar-refractivity contribution in [1.82, 2.24) is 14.8 Å². The van der Waals surface area contributed by atoms with Crippen molar-refractivity contribution in [3.63, 3.8) is 0 Å². The molecule has 0 saturated carbocycles. The largest absolute Gasteiger partial charge is 0.367 e. The van der Waals surface area contributed by atoms with Crippen LogP contribution >= 0.6 is 19.7 Å². The molecule has 0 aliphatic carbocycles. The lowest BCUT2D eigenvalue weighted by Gasteiger charge is -2.35. The molecular weight excluding hydrogens is 642 g/mol. The fourth-order valence-electron chi connectivity index (χ4n) is 4.64. The number of aldehydes is 1. The standard InChI is InChI=1S/C10H9FNO3PS.C9H10N2O2.C8H16O.C5H11N.C2H6/c11-9(16(14)15)5-1-2-7-6(3-5)4-8(17-7)10(12)13;12-6-11-4-7(5-11)8-3-10-2-1-9(8)13;1-3-8(2)6-4-5-7-9;1-6-4-2-3-5-6;1-2/h1-4,9,14-15H,(H2,12,13);1-3,6-7H,4-5H2,(H,10,13);7-8H,3-6H2,1-2H3;2-5H2,1H3;1-2H3/t;;8-;;/m..0../s1. The van der Waals surface area contributed by atoms with E-state index in [1.807, 2.05) is 13.8 Å². The number of rotatable bonds is 10. The molecular formula is C34H52FN4O6PS. The van der Waals surface area contributed by atoms with Crippen molar-refractivity contribution in [2.45, 2.75) is 78.1 Å². The van der Waals surface area contributed by atoms with E-state index in [1.54, 1.807) is 29.4 Å². The van der Waals surface area contributed by atoms with E-state index in [0.29, 0.717) is 23.4 Å². The molecule has 0 bridgehead atoms. The second-order valence-corrected chi connectivity index (χ2v) is 13.4. The van der Waals surface area contributed by atoms with Crippen LogP contribution in [0.25, 0.3) is 10.1 Å². The van der Waals surface area contributed by atoms with Gasteiger partial charge in [-0.15, -0.1) is 11.3 Å². The number of hydrogen-bond acceptors (Lipinski definition) is 8. The Balaban J connectivity index is 0.000000327. The summed E-state index contributed by atoms with van der Waals surface area (Å²) in [6, 6.07) is 7.67. The highest BCUT2D eigenvalue weighted by atomic mass is 32.1. The van der Waals surface area contributed by atoms with Crippen LogP contribution in [0.2, 0.25) is 0 Å². The fourth-order valence-corrected chi connectivity index (χ4v) is 5.96. The minimum absolute atomic E-state index is 0.0503. The molecule has 5 N–H and O–H groups in total. The van der Waals surface area contributed by atoms with Gasteiger partial charge in [0.2, 0.25) is 14.8 Å². The Labute approximate surface area is 283 Å². The highest BCUT2D eigenvalue weighted by Crippen LogP contribution is 2.45. The van der Waals surface area contributed by atoms with Crippen molar-refractivity contribution in [3.8, 4) is 0 Å². The van der Waals surface area contributed by atoms with Crippen LogP contribution in [0.5, 0.6) is 0 Å². The number of alkyl halides is 1. The summed E-state index contributed by atoms with van der Waals surface area (Å²) in [4.78, 5) is 67.4. The molecule has 1 unspecified atom stereocenters. The van der Waals surface area contributed by atoms with Gasteiger partial charge in [0.1, 0.15) is 6.29 Å². The lowest BCUT2D eigenvalue weighted by atomic mass is 9.93. The van der Waals surface area contributed by atoms with Gasteiger partial charge < -0.3 is 35.1 Å². The number of primary amides is 1. The Morgan fingerprint density at radius 3 is 2.32 bits per heavy atom. The molecule has 2 amide bonds. The molecule has 1 aromatic carbocycles. The minimum atomic E-state index is -2.65. The van der Waals surface area contributed by atoms with Crippen molar-refractivity contribution in [3.05, 3.63) is 69.0 Å². The molecule has 2 aromatic heterocycles. The van der Waals surface area contributed by atoms with Crippen molar-refractivity contribution >= 4 is 48.4 Å². The van der Waals surface area contributed by atoms with Crippen LogP contribution in [0.1, 0.15) is 98.8 Å². The van der Waals surface area contributed by atoms with Crippen LogP contribution in [0, 0.1) is 5.92 Å². The normalized spacial score (nSPS) is 15.3. The Hall–Kier alpha value is -3.02. The first kappa shape index (κ1) is 42.0. The minimum Gasteiger partial charge on any atom is -0.367 e. The van der Waals surface area contributed by atoms with E-state index in [-0.39, 0.29) is 16.9 Å². The zero-order valence-corrected chi connectivity index (χ0v) is 29.9. The number of nitrogens with one attached hydrogen (secondary N) is 1. The van der Waals surface area contributed by atoms with E-state index in [0.717, 1.165) is 41.7 Å². The van der Waals surface area contributed by atoms with Gasteiger partial charge in [0.05, 0.1) is 4.88 Å². The topological polar surface area (TPSA) is 157 Å². The van der Waals surface area contributed by atoms with E-state index < -0.39 is 20.2 Å². The number of thiophene rings is 1. The molecule has 2 aliphatic rings. The summed E-state index contributed by atoms with van der Waals surface area (Å²) in [6.45, 7) is 12.4. The first-order chi connectivity index (χ1) is 22.5. The van der Waals surface area contributed by atoms with E-state index in [9.17, 15) is 23.6 Å². The third-order valence-electron chi connectivity index (χ3n) is 7.66. The third-order valence-corrected chi connectivity index (χ3v) is 9.49. The molecule has 0 spiro atoms. The van der Waals surface area contributed by atoms with Crippen molar-refractivity contribution in [1.29, 1.82) is 0 Å². The maximum absolute atomic E-state index is 13.4. The van der Waals surface area contributed by atoms with E-state index in [2.05, 4.69) is 30.8 Å². The number of nitrogens with zero attached hydrogens (tertiary/aromatic N) is 2. The monoisotopic (exact) mass is 694 g/mol. The number of carbonyl (C=O) groups is 3. The fraction of sp³-hybridized carbons (Fsp3) is 0.529. The lowest BCUT2D eigenvalue weighted by molar-refractivity contribution is -0.122. The molecule has 2 saturated heterocycles. The Morgan fingerprint density at radius 2 is 1.83 bits per heavy atom. The van der Waals surface area contributed by atoms with Gasteiger partial charge >= 0.3 is 0 Å². The molecule has 2 fully saturated rings. The van der Waals surface area contributed by atoms with Crippen LogP contribution in [0.15, 0.2) is 47.5 Å². The molecule has 4 heterocycles. The molecule has 13 heteroatoms. The number of hydrogen-bond donors (Lipinski definition) is 4. The highest BCUT2D eigenvalue weighted by molar-refractivity contribution is 7.45. The molecule has 10 nitrogen and oxygen atoms in total. The van der Waals surface area contributed by atoms with Crippen LogP contribution in [-0.4, -0.2) is 76.4 Å². The summed E-state index contributed by atoms with van der Waals surface area (Å²) in [5, 5.41) is 0.667. The smallest absolute Gasteiger partial charge is 0.258 e. The molecule has 2 atom stereocenters. The van der Waals surface area contributed by atoms with Crippen LogP contribution < -0.4 is 11.2 Å². The number of nitrogens with two attached hydrogens (primary N) is 1. The lowest BCUT2D eigenvalue weighted by Crippen LogP contribution is -2.45. The molecule has 262 valence electrons. The molecule has 3 aromatic rings. The summed E-state index contributed by atoms with van der Waals surface area (Å²) < 4.78 is 14.2. The number of pyridine rings is 1. The maximum atomic E-state index is 13.4. The van der Waals surface area contributed by atoms with Gasteiger partial charge in [-0.05, 0) is 74.5 Å². The first-order valence-corrected chi connectivity index (χ1v) is 18.3. The number of likely N-dealkylation sites (tertiary alicyclic amines) is 2. The Morgan fingerprint density at radius 1 is 1.17 bits per heavy atom. The van der Waals surface area contributed by atoms with Gasteiger partial charge in [-0.25, -0.2) is 4.39 Å². The number of H-pyrrole nitrogens is 1. The summed E-state index contributed by atoms with van der Waals surface area (Å²) in [5.41, 5.74) is 6.16. The summed E-state index contributed by atoms with van der Waals surface area (Å²) in [5.74, 6) is -1.32. The van der Waals surface area contributed by atoms with E-state index in [4.69, 9.17) is 15.5 Å². The van der Waals surface area contributed by atoms with Crippen LogP contribution in [-0.2, 0) is 9.59 Å². The summed E-state index contributed by atoms with van der Waals surface area (Å²) >= 11 is 1.22. The van der Waals surface area contributed by atoms with Crippen molar-refractivity contribution < 1.29 is 28.6 Å². The summed E-state index contributed by atoms with van der Waals surface area (Å²) in [7, 11) is -0.480. The second-order valence-electron chi connectivity index (χ2n) is 11.3. The SMILES string of the molecule is CC.CC[C@H](C)CCCC=O.CN1CCCC1.NC(=O)c1cc2cc(C(F)P(O)O)ccc2s1.O=CN1CC(c2c[nH]ccc2=O)C1. The van der Waals surface area contributed by atoms with Gasteiger partial charge in [-0.3, -0.25) is 14.4 Å². The number of fused-ring (bicyclic) bond motifs is 1. The number of aromatic amines is 1. The van der Waals surface area contributed by atoms with Crippen LogP contribution in [0.4, 0.5) is 4.39 Å². The molecule has 47 heavy (non-hydrogen) atoms. The zero-order valence-electron chi connectivity index (χ0n) is 28.2. The first-order valence-electron chi connectivity index (χ1n) is 16.1. The van der Waals surface area contributed by atoms with Gasteiger partial charge in [0.25, 0.3) is 5.91 Å². The third kappa shape index (κ3) is 15.2. The number of halogens is 1.